The summed E-state index contributed by atoms with van der Waals surface area (Å²) in [7, 11) is 0. The molecule has 2 N–H and O–H groups in total. The number of para-hydroxylation sites is 1. The molecule has 2 heterocycles. The Kier molecular flexibility index (Phi) is 8.53. The van der Waals surface area contributed by atoms with Crippen LogP contribution < -0.4 is 15.4 Å². The SMILES string of the molecule is CCNC(=NCCOc1ccccc1C(F)(F)F)NC1CCc2ncnn2C1.I. The number of fused-ring (bicyclic) bond motifs is 1. The van der Waals surface area contributed by atoms with Gasteiger partial charge in [0.05, 0.1) is 18.7 Å². The Labute approximate surface area is 184 Å². The molecule has 0 amide bonds. The van der Waals surface area contributed by atoms with Crippen molar-refractivity contribution in [3.8, 4) is 5.75 Å². The average Bonchev–Trinajstić information content (AvgIpc) is 3.12. The molecule has 11 heteroatoms. The van der Waals surface area contributed by atoms with E-state index in [4.69, 9.17) is 4.74 Å². The number of benzene rings is 1. The van der Waals surface area contributed by atoms with E-state index >= 15 is 0 Å². The highest BCUT2D eigenvalue weighted by Gasteiger charge is 2.33. The number of ether oxygens (including phenoxy) is 1. The van der Waals surface area contributed by atoms with Crippen molar-refractivity contribution in [1.82, 2.24) is 25.4 Å². The van der Waals surface area contributed by atoms with Gasteiger partial charge in [-0.1, -0.05) is 12.1 Å². The van der Waals surface area contributed by atoms with Gasteiger partial charge in [-0.3, -0.25) is 0 Å². The second-order valence-corrected chi connectivity index (χ2v) is 6.34. The molecule has 160 valence electrons. The van der Waals surface area contributed by atoms with Gasteiger partial charge in [0.1, 0.15) is 24.5 Å². The second-order valence-electron chi connectivity index (χ2n) is 6.34. The first-order valence-corrected chi connectivity index (χ1v) is 9.18. The Morgan fingerprint density at radius 3 is 2.90 bits per heavy atom. The summed E-state index contributed by atoms with van der Waals surface area (Å²) in [4.78, 5) is 8.60. The van der Waals surface area contributed by atoms with Crippen molar-refractivity contribution in [2.24, 2.45) is 4.99 Å². The summed E-state index contributed by atoms with van der Waals surface area (Å²) < 4.78 is 46.1. The number of aryl methyl sites for hydroxylation is 1. The maximum atomic E-state index is 13.0. The summed E-state index contributed by atoms with van der Waals surface area (Å²) in [6.07, 6.45) is -1.17. The minimum absolute atomic E-state index is 0. The number of guanidine groups is 1. The summed E-state index contributed by atoms with van der Waals surface area (Å²) in [5, 5.41) is 10.7. The van der Waals surface area contributed by atoms with Crippen molar-refractivity contribution in [3.05, 3.63) is 42.0 Å². The van der Waals surface area contributed by atoms with Gasteiger partial charge in [-0.25, -0.2) is 14.7 Å². The van der Waals surface area contributed by atoms with Crippen LogP contribution in [0.5, 0.6) is 5.75 Å². The molecular weight excluding hydrogens is 500 g/mol. The Morgan fingerprint density at radius 2 is 2.14 bits per heavy atom. The van der Waals surface area contributed by atoms with Gasteiger partial charge >= 0.3 is 6.18 Å². The molecule has 2 aromatic rings. The molecule has 3 rings (SSSR count). The van der Waals surface area contributed by atoms with Crippen molar-refractivity contribution in [2.45, 2.75) is 38.5 Å². The fourth-order valence-electron chi connectivity index (χ4n) is 3.01. The fourth-order valence-corrected chi connectivity index (χ4v) is 3.01. The van der Waals surface area contributed by atoms with Crippen molar-refractivity contribution in [2.75, 3.05) is 19.7 Å². The average molecular weight is 524 g/mol. The van der Waals surface area contributed by atoms with E-state index in [1.54, 1.807) is 6.33 Å². The van der Waals surface area contributed by atoms with E-state index in [0.29, 0.717) is 19.0 Å². The first kappa shape index (κ1) is 23.2. The van der Waals surface area contributed by atoms with Gasteiger partial charge in [0, 0.05) is 19.0 Å². The van der Waals surface area contributed by atoms with Crippen LogP contribution in [0.25, 0.3) is 0 Å². The molecule has 0 saturated carbocycles. The molecule has 0 aliphatic carbocycles. The number of hydrogen-bond acceptors (Lipinski definition) is 4. The number of halogens is 4. The quantitative estimate of drug-likeness (QED) is 0.263. The second kappa shape index (κ2) is 10.6. The molecule has 0 saturated heterocycles. The monoisotopic (exact) mass is 524 g/mol. The fraction of sp³-hybridized carbons (Fsp3) is 0.500. The lowest BCUT2D eigenvalue weighted by Crippen LogP contribution is -2.47. The van der Waals surface area contributed by atoms with Crippen molar-refractivity contribution < 1.29 is 17.9 Å². The minimum atomic E-state index is -4.45. The predicted molar refractivity (Wildman–Crippen MR) is 114 cm³/mol. The van der Waals surface area contributed by atoms with Gasteiger partial charge in [-0.15, -0.1) is 24.0 Å². The minimum Gasteiger partial charge on any atom is -0.491 e. The number of nitrogens with zero attached hydrogens (tertiary/aromatic N) is 4. The zero-order chi connectivity index (χ0) is 20.0. The summed E-state index contributed by atoms with van der Waals surface area (Å²) in [5.74, 6) is 1.38. The molecule has 0 fully saturated rings. The lowest BCUT2D eigenvalue weighted by molar-refractivity contribution is -0.138. The van der Waals surface area contributed by atoms with Crippen LogP contribution in [0.15, 0.2) is 35.6 Å². The maximum Gasteiger partial charge on any atom is 0.419 e. The highest BCUT2D eigenvalue weighted by molar-refractivity contribution is 14.0. The van der Waals surface area contributed by atoms with Gasteiger partial charge in [0.2, 0.25) is 0 Å². The molecule has 1 aromatic heterocycles. The number of aliphatic imine (C=N–C) groups is 1. The molecule has 0 spiro atoms. The van der Waals surface area contributed by atoms with E-state index in [9.17, 15) is 13.2 Å². The molecule has 1 aromatic carbocycles. The third-order valence-corrected chi connectivity index (χ3v) is 4.30. The summed E-state index contributed by atoms with van der Waals surface area (Å²) in [5.41, 5.74) is -0.783. The number of nitrogens with one attached hydrogen (secondary N) is 2. The Morgan fingerprint density at radius 1 is 1.34 bits per heavy atom. The maximum absolute atomic E-state index is 13.0. The van der Waals surface area contributed by atoms with E-state index in [1.165, 1.54) is 18.2 Å². The van der Waals surface area contributed by atoms with E-state index in [1.807, 2.05) is 11.6 Å². The van der Waals surface area contributed by atoms with Crippen LogP contribution >= 0.6 is 24.0 Å². The van der Waals surface area contributed by atoms with E-state index in [0.717, 1.165) is 24.7 Å². The van der Waals surface area contributed by atoms with E-state index < -0.39 is 11.7 Å². The molecule has 7 nitrogen and oxygen atoms in total. The molecule has 1 unspecified atom stereocenters. The summed E-state index contributed by atoms with van der Waals surface area (Å²) >= 11 is 0. The number of hydrogen-bond donors (Lipinski definition) is 2. The molecule has 0 bridgehead atoms. The van der Waals surface area contributed by atoms with Crippen LogP contribution in [0.3, 0.4) is 0 Å². The molecular formula is C18H24F3IN6O. The zero-order valence-corrected chi connectivity index (χ0v) is 18.3. The van der Waals surface area contributed by atoms with Crippen LogP contribution in [0, 0.1) is 0 Å². The predicted octanol–water partition coefficient (Wildman–Crippen LogP) is 2.86. The summed E-state index contributed by atoms with van der Waals surface area (Å²) in [6, 6.07) is 5.32. The third kappa shape index (κ3) is 6.47. The largest absolute Gasteiger partial charge is 0.491 e. The highest BCUT2D eigenvalue weighted by Crippen LogP contribution is 2.35. The van der Waals surface area contributed by atoms with E-state index in [-0.39, 0.29) is 48.9 Å². The van der Waals surface area contributed by atoms with Crippen LogP contribution in [0.2, 0.25) is 0 Å². The van der Waals surface area contributed by atoms with E-state index in [2.05, 4.69) is 25.7 Å². The molecule has 29 heavy (non-hydrogen) atoms. The number of aromatic nitrogens is 3. The number of alkyl halides is 3. The van der Waals surface area contributed by atoms with Crippen LogP contribution in [-0.4, -0.2) is 46.5 Å². The first-order chi connectivity index (χ1) is 13.5. The lowest BCUT2D eigenvalue weighted by Gasteiger charge is -2.25. The van der Waals surface area contributed by atoms with Crippen molar-refractivity contribution in [1.29, 1.82) is 0 Å². The summed E-state index contributed by atoms with van der Waals surface area (Å²) in [6.45, 7) is 3.58. The Bertz CT molecular complexity index is 811. The van der Waals surface area contributed by atoms with Crippen LogP contribution in [-0.2, 0) is 19.1 Å². The smallest absolute Gasteiger partial charge is 0.419 e. The Hall–Kier alpha value is -2.05. The standard InChI is InChI=1S/C18H23F3N6O.HI/c1-2-22-17(26-13-7-8-16-24-12-25-27(16)11-13)23-9-10-28-15-6-4-3-5-14(15)18(19,20)21;/h3-6,12-13H,2,7-11H2,1H3,(H2,22,23,26);1H. The first-order valence-electron chi connectivity index (χ1n) is 9.18. The van der Waals surface area contributed by atoms with Crippen molar-refractivity contribution in [3.63, 3.8) is 0 Å². The number of rotatable bonds is 6. The molecule has 1 aliphatic heterocycles. The van der Waals surface area contributed by atoms with Gasteiger partial charge in [-0.05, 0) is 25.5 Å². The van der Waals surface area contributed by atoms with Gasteiger partial charge in [0.15, 0.2) is 5.96 Å². The molecule has 0 radical (unpaired) electrons. The molecule has 1 aliphatic rings. The van der Waals surface area contributed by atoms with Crippen molar-refractivity contribution >= 4 is 29.9 Å². The van der Waals surface area contributed by atoms with Gasteiger partial charge < -0.3 is 15.4 Å². The van der Waals surface area contributed by atoms with Gasteiger partial charge in [0.25, 0.3) is 0 Å². The van der Waals surface area contributed by atoms with Gasteiger partial charge in [-0.2, -0.15) is 18.3 Å². The zero-order valence-electron chi connectivity index (χ0n) is 15.9. The Balaban J connectivity index is 0.00000300. The lowest BCUT2D eigenvalue weighted by atomic mass is 10.1. The normalized spacial score (nSPS) is 16.6. The molecule has 1 atom stereocenters. The topological polar surface area (TPSA) is 76.4 Å². The van der Waals surface area contributed by atoms with Crippen LogP contribution in [0.4, 0.5) is 13.2 Å². The van der Waals surface area contributed by atoms with Crippen LogP contribution in [0.1, 0.15) is 24.7 Å². The highest BCUT2D eigenvalue weighted by atomic mass is 127. The third-order valence-electron chi connectivity index (χ3n) is 4.30.